The number of hydrogen-bond acceptors (Lipinski definition) is 3. The predicted octanol–water partition coefficient (Wildman–Crippen LogP) is 3.21. The molecule has 0 aliphatic carbocycles. The molecule has 25 heavy (non-hydrogen) atoms. The number of alkyl carbamates (subject to hydrolysis) is 1. The predicted molar refractivity (Wildman–Crippen MR) is 79.0 cm³/mol. The van der Waals surface area contributed by atoms with Crippen molar-refractivity contribution in [2.24, 2.45) is 0 Å². The quantitative estimate of drug-likeness (QED) is 0.375. The lowest BCUT2D eigenvalue weighted by Gasteiger charge is -2.19. The topological polar surface area (TPSA) is 75.6 Å². The van der Waals surface area contributed by atoms with Gasteiger partial charge in [0.15, 0.2) is 23.3 Å². The zero-order valence-electron chi connectivity index (χ0n) is 13.6. The van der Waals surface area contributed by atoms with E-state index in [0.717, 1.165) is 0 Å². The fourth-order valence-electron chi connectivity index (χ4n) is 1.62. The van der Waals surface area contributed by atoms with Crippen molar-refractivity contribution in [2.75, 3.05) is 6.54 Å². The van der Waals surface area contributed by atoms with Crippen LogP contribution in [0.2, 0.25) is 0 Å². The third kappa shape index (κ3) is 5.38. The van der Waals surface area contributed by atoms with Crippen molar-refractivity contribution in [1.29, 1.82) is 0 Å². The second kappa shape index (κ2) is 7.88. The molecular weight excluding hydrogens is 346 g/mol. The summed E-state index contributed by atoms with van der Waals surface area (Å²) in [6.45, 7) is 4.93. The molecule has 0 saturated heterocycles. The summed E-state index contributed by atoms with van der Waals surface area (Å²) < 4.78 is 59.2. The lowest BCUT2D eigenvalue weighted by molar-refractivity contribution is 0.0528. The molecule has 5 nitrogen and oxygen atoms in total. The van der Waals surface area contributed by atoms with Crippen molar-refractivity contribution in [3.8, 4) is 11.8 Å². The van der Waals surface area contributed by atoms with Crippen molar-refractivity contribution < 1.29 is 37.0 Å². The number of carbonyl (C=O) groups is 2. The average molecular weight is 361 g/mol. The van der Waals surface area contributed by atoms with Crippen LogP contribution in [0.25, 0.3) is 0 Å². The van der Waals surface area contributed by atoms with Crippen LogP contribution < -0.4 is 5.32 Å². The molecule has 0 heterocycles. The Labute approximate surface area is 141 Å². The number of rotatable bonds is 3. The van der Waals surface area contributed by atoms with Gasteiger partial charge in [0, 0.05) is 13.0 Å². The van der Waals surface area contributed by atoms with Crippen LogP contribution in [-0.4, -0.2) is 29.3 Å². The van der Waals surface area contributed by atoms with Crippen LogP contribution in [0.15, 0.2) is 0 Å². The lowest BCUT2D eigenvalue weighted by Crippen LogP contribution is -2.32. The van der Waals surface area contributed by atoms with Gasteiger partial charge in [-0.25, -0.2) is 27.2 Å². The van der Waals surface area contributed by atoms with Gasteiger partial charge in [-0.2, -0.15) is 0 Å². The Kier molecular flexibility index (Phi) is 6.39. The number of hydrogen-bond donors (Lipinski definition) is 2. The van der Waals surface area contributed by atoms with E-state index in [9.17, 15) is 27.2 Å². The molecule has 0 atom stereocenters. The molecule has 2 N–H and O–H groups in total. The van der Waals surface area contributed by atoms with Crippen LogP contribution >= 0.6 is 0 Å². The second-order valence-corrected chi connectivity index (χ2v) is 5.79. The molecule has 9 heteroatoms. The zero-order chi connectivity index (χ0) is 19.4. The molecule has 0 fully saturated rings. The maximum Gasteiger partial charge on any atom is 0.407 e. The van der Waals surface area contributed by atoms with Crippen LogP contribution in [0.5, 0.6) is 0 Å². The number of nitrogens with one attached hydrogen (secondary N) is 1. The van der Waals surface area contributed by atoms with Crippen molar-refractivity contribution >= 4 is 12.1 Å². The number of carbonyl (C=O) groups excluding carboxylic acids is 1. The van der Waals surface area contributed by atoms with E-state index >= 15 is 0 Å². The minimum Gasteiger partial charge on any atom is -0.477 e. The number of halogens is 4. The van der Waals surface area contributed by atoms with E-state index in [1.165, 1.54) is 0 Å². The van der Waals surface area contributed by atoms with E-state index < -0.39 is 52.1 Å². The maximum atomic E-state index is 13.6. The van der Waals surface area contributed by atoms with Crippen molar-refractivity contribution in [3.05, 3.63) is 34.4 Å². The smallest absolute Gasteiger partial charge is 0.407 e. The maximum absolute atomic E-state index is 13.6. The number of carboxylic acids is 1. The highest BCUT2D eigenvalue weighted by Crippen LogP contribution is 2.23. The van der Waals surface area contributed by atoms with Crippen LogP contribution in [0.4, 0.5) is 22.4 Å². The summed E-state index contributed by atoms with van der Waals surface area (Å²) in [7, 11) is 0. The molecular formula is C16H15F4NO4. The van der Waals surface area contributed by atoms with Gasteiger partial charge in [-0.05, 0) is 20.8 Å². The van der Waals surface area contributed by atoms with Crippen LogP contribution in [0.3, 0.4) is 0 Å². The molecule has 0 aliphatic heterocycles. The first-order valence-corrected chi connectivity index (χ1v) is 7.00. The van der Waals surface area contributed by atoms with Gasteiger partial charge in [0.1, 0.15) is 16.7 Å². The molecule has 0 aromatic heterocycles. The van der Waals surface area contributed by atoms with Gasteiger partial charge in [-0.1, -0.05) is 11.8 Å². The molecule has 0 spiro atoms. The Bertz CT molecular complexity index is 731. The summed E-state index contributed by atoms with van der Waals surface area (Å²) in [4.78, 5) is 22.0. The molecule has 1 amide bonds. The number of amides is 1. The van der Waals surface area contributed by atoms with E-state index in [1.807, 2.05) is 5.92 Å². The lowest BCUT2D eigenvalue weighted by atomic mass is 10.1. The van der Waals surface area contributed by atoms with Gasteiger partial charge in [0.05, 0.1) is 0 Å². The van der Waals surface area contributed by atoms with Gasteiger partial charge < -0.3 is 15.2 Å². The zero-order valence-corrected chi connectivity index (χ0v) is 13.6. The first-order valence-electron chi connectivity index (χ1n) is 7.00. The Morgan fingerprint density at radius 3 is 2.04 bits per heavy atom. The fourth-order valence-corrected chi connectivity index (χ4v) is 1.62. The average Bonchev–Trinajstić information content (AvgIpc) is 2.46. The minimum absolute atomic E-state index is 0.0384. The van der Waals surface area contributed by atoms with E-state index in [-0.39, 0.29) is 13.0 Å². The summed E-state index contributed by atoms with van der Waals surface area (Å²) in [6.07, 6.45) is -0.822. The summed E-state index contributed by atoms with van der Waals surface area (Å²) >= 11 is 0. The van der Waals surface area contributed by atoms with Crippen molar-refractivity contribution in [2.45, 2.75) is 32.8 Å². The number of ether oxygens (including phenoxy) is 1. The SMILES string of the molecule is CC(C)(C)OC(=O)NCCC#Cc1c(F)c(F)c(C(=O)O)c(F)c1F. The monoisotopic (exact) mass is 361 g/mol. The molecule has 0 unspecified atom stereocenters. The van der Waals surface area contributed by atoms with Crippen LogP contribution in [0.1, 0.15) is 43.1 Å². The Hall–Kier alpha value is -2.76. The minimum atomic E-state index is -2.14. The third-order valence-corrected chi connectivity index (χ3v) is 2.61. The van der Waals surface area contributed by atoms with Crippen LogP contribution in [-0.2, 0) is 4.74 Å². The van der Waals surface area contributed by atoms with Gasteiger partial charge >= 0.3 is 12.1 Å². The number of carboxylic acid groups (broad SMARTS) is 1. The molecule has 1 aromatic carbocycles. The second-order valence-electron chi connectivity index (χ2n) is 5.79. The summed E-state index contributed by atoms with van der Waals surface area (Å²) in [5, 5.41) is 10.9. The number of benzene rings is 1. The van der Waals surface area contributed by atoms with Gasteiger partial charge in [0.25, 0.3) is 0 Å². The first kappa shape index (κ1) is 20.3. The highest BCUT2D eigenvalue weighted by atomic mass is 19.2. The largest absolute Gasteiger partial charge is 0.477 e. The molecule has 1 rings (SSSR count). The molecule has 0 radical (unpaired) electrons. The van der Waals surface area contributed by atoms with E-state index in [0.29, 0.717) is 0 Å². The van der Waals surface area contributed by atoms with E-state index in [1.54, 1.807) is 20.8 Å². The summed E-state index contributed by atoms with van der Waals surface area (Å²) in [5.41, 5.74) is -3.66. The van der Waals surface area contributed by atoms with Crippen molar-refractivity contribution in [1.82, 2.24) is 5.32 Å². The van der Waals surface area contributed by atoms with Gasteiger partial charge in [-0.15, -0.1) is 0 Å². The van der Waals surface area contributed by atoms with Crippen LogP contribution in [0, 0.1) is 35.1 Å². The Morgan fingerprint density at radius 1 is 1.08 bits per heavy atom. The molecule has 0 saturated carbocycles. The highest BCUT2D eigenvalue weighted by molar-refractivity contribution is 5.88. The Balaban J connectivity index is 2.85. The fraction of sp³-hybridized carbons (Fsp3) is 0.375. The Morgan fingerprint density at radius 2 is 1.60 bits per heavy atom. The van der Waals surface area contributed by atoms with Gasteiger partial charge in [0.2, 0.25) is 0 Å². The molecule has 0 aliphatic rings. The van der Waals surface area contributed by atoms with E-state index in [2.05, 4.69) is 11.2 Å². The first-order chi connectivity index (χ1) is 11.5. The molecule has 136 valence electrons. The van der Waals surface area contributed by atoms with E-state index in [4.69, 9.17) is 9.84 Å². The van der Waals surface area contributed by atoms with Crippen molar-refractivity contribution in [3.63, 3.8) is 0 Å². The molecule has 1 aromatic rings. The third-order valence-electron chi connectivity index (χ3n) is 2.61. The summed E-state index contributed by atoms with van der Waals surface area (Å²) in [6, 6.07) is 0. The highest BCUT2D eigenvalue weighted by Gasteiger charge is 2.28. The van der Waals surface area contributed by atoms with Gasteiger partial charge in [-0.3, -0.25) is 0 Å². The molecule has 0 bridgehead atoms. The summed E-state index contributed by atoms with van der Waals surface area (Å²) in [5.74, 6) is -5.91. The number of aromatic carboxylic acids is 1. The normalized spacial score (nSPS) is 10.7. The standard InChI is InChI=1S/C16H15F4NO4/c1-16(2,3)25-15(24)21-7-5-4-6-8-10(17)12(19)9(14(22)23)13(20)11(8)18/h5,7H2,1-3H3,(H,21,24)(H,22,23).